The Morgan fingerprint density at radius 1 is 1.14 bits per heavy atom. The van der Waals surface area contributed by atoms with Gasteiger partial charge in [0.1, 0.15) is 17.3 Å². The van der Waals surface area contributed by atoms with E-state index in [0.29, 0.717) is 17.1 Å². The fourth-order valence-corrected chi connectivity index (χ4v) is 4.87. The number of nitrogens with zero attached hydrogens (tertiary/aromatic N) is 3. The molecule has 176 valence electrons. The van der Waals surface area contributed by atoms with Gasteiger partial charge in [0, 0.05) is 22.3 Å². The van der Waals surface area contributed by atoms with Crippen molar-refractivity contribution >= 4 is 34.5 Å². The van der Waals surface area contributed by atoms with Crippen LogP contribution in [0.4, 0.5) is 11.4 Å². The van der Waals surface area contributed by atoms with Gasteiger partial charge in [0.2, 0.25) is 5.91 Å². The Labute approximate surface area is 207 Å². The van der Waals surface area contributed by atoms with Crippen molar-refractivity contribution in [2.24, 2.45) is 0 Å². The Hall–Kier alpha value is -4.04. The number of hydrogen-bond acceptors (Lipinski definition) is 6. The molecule has 7 nitrogen and oxygen atoms in total. The van der Waals surface area contributed by atoms with Crippen molar-refractivity contribution in [3.8, 4) is 27.7 Å². The lowest BCUT2D eigenvalue weighted by Crippen LogP contribution is -2.43. The van der Waals surface area contributed by atoms with E-state index in [1.54, 1.807) is 17.5 Å². The van der Waals surface area contributed by atoms with Gasteiger partial charge in [-0.3, -0.25) is 19.5 Å². The van der Waals surface area contributed by atoms with Gasteiger partial charge in [-0.25, -0.2) is 4.98 Å². The summed E-state index contributed by atoms with van der Waals surface area (Å²) < 4.78 is 5.64. The van der Waals surface area contributed by atoms with E-state index in [9.17, 15) is 9.59 Å². The number of rotatable bonds is 6. The van der Waals surface area contributed by atoms with Crippen LogP contribution in [0.15, 0.2) is 66.9 Å². The number of anilines is 2. The zero-order valence-corrected chi connectivity index (χ0v) is 20.3. The van der Waals surface area contributed by atoms with Crippen LogP contribution in [0.25, 0.3) is 22.0 Å². The molecule has 0 bridgehead atoms. The number of carbonyl (C=O) groups is 2. The third-order valence-corrected chi connectivity index (χ3v) is 6.80. The summed E-state index contributed by atoms with van der Waals surface area (Å²) >= 11 is 1.57. The highest BCUT2D eigenvalue weighted by Crippen LogP contribution is 2.39. The fraction of sp³-hybridized carbons (Fsp3) is 0.185. The number of ether oxygens (including phenoxy) is 1. The second-order valence-corrected chi connectivity index (χ2v) is 9.39. The molecule has 4 aromatic rings. The molecular formula is C27H24N4O3S. The number of aromatic nitrogens is 2. The highest BCUT2D eigenvalue weighted by molar-refractivity contribution is 7.15. The van der Waals surface area contributed by atoms with Gasteiger partial charge >= 0.3 is 0 Å². The average Bonchev–Trinajstić information content (AvgIpc) is 3.28. The summed E-state index contributed by atoms with van der Waals surface area (Å²) in [6.07, 6.45) is 2.67. The van der Waals surface area contributed by atoms with Crippen LogP contribution >= 0.6 is 11.3 Å². The molecule has 0 radical (unpaired) electrons. The molecule has 1 N–H and O–H groups in total. The number of fused-ring (bicyclic) bond motifs is 1. The van der Waals surface area contributed by atoms with Crippen molar-refractivity contribution < 1.29 is 14.3 Å². The molecular weight excluding hydrogens is 460 g/mol. The number of carbonyl (C=O) groups excluding carboxylic acids is 2. The van der Waals surface area contributed by atoms with E-state index >= 15 is 0 Å². The number of aryl methyl sites for hydroxylation is 2. The quantitative estimate of drug-likeness (QED) is 0.411. The van der Waals surface area contributed by atoms with Gasteiger partial charge < -0.3 is 10.1 Å². The van der Waals surface area contributed by atoms with Crippen LogP contribution in [0.5, 0.6) is 5.75 Å². The summed E-state index contributed by atoms with van der Waals surface area (Å²) in [6.45, 7) is 3.87. The Kier molecular flexibility index (Phi) is 6.29. The number of benzene rings is 2. The normalized spacial score (nSPS) is 12.7. The van der Waals surface area contributed by atoms with Crippen molar-refractivity contribution in [3.63, 3.8) is 0 Å². The lowest BCUT2D eigenvalue weighted by molar-refractivity contribution is -0.123. The zero-order valence-electron chi connectivity index (χ0n) is 19.4. The van der Waals surface area contributed by atoms with Crippen molar-refractivity contribution in [3.05, 3.63) is 77.3 Å². The highest BCUT2D eigenvalue weighted by Gasteiger charge is 2.28. The van der Waals surface area contributed by atoms with Gasteiger partial charge in [0.05, 0.1) is 17.1 Å². The maximum absolute atomic E-state index is 12.8. The first-order valence-electron chi connectivity index (χ1n) is 11.4. The lowest BCUT2D eigenvalue weighted by atomic mass is 10.1. The number of thiazole rings is 1. The minimum absolute atomic E-state index is 0.107. The van der Waals surface area contributed by atoms with E-state index < -0.39 is 0 Å². The van der Waals surface area contributed by atoms with E-state index in [0.717, 1.165) is 33.3 Å². The predicted octanol–water partition coefficient (Wildman–Crippen LogP) is 5.11. The molecule has 0 unspecified atom stereocenters. The average molecular weight is 485 g/mol. The molecule has 2 amide bonds. The largest absolute Gasteiger partial charge is 0.482 e. The molecule has 2 aromatic heterocycles. The first-order chi connectivity index (χ1) is 17.0. The van der Waals surface area contributed by atoms with E-state index in [2.05, 4.69) is 17.2 Å². The third kappa shape index (κ3) is 4.79. The Morgan fingerprint density at radius 2 is 1.97 bits per heavy atom. The van der Waals surface area contributed by atoms with Crippen LogP contribution in [-0.2, 0) is 16.0 Å². The minimum Gasteiger partial charge on any atom is -0.482 e. The molecule has 1 aliphatic rings. The standard InChI is InChI=1S/C27H24N4O3S/c1-3-18-7-10-20(11-8-18)29-24(32)15-31-22-14-19(9-12-23(22)34-16-25(31)33)26-17(2)35-27(30-26)21-6-4-5-13-28-21/h4-14H,3,15-16H2,1-2H3,(H,29,32). The van der Waals surface area contributed by atoms with Crippen LogP contribution in [-0.4, -0.2) is 34.9 Å². The lowest BCUT2D eigenvalue weighted by Gasteiger charge is -2.29. The van der Waals surface area contributed by atoms with Crippen LogP contribution in [0.3, 0.4) is 0 Å². The molecule has 0 fully saturated rings. The fourth-order valence-electron chi connectivity index (χ4n) is 3.95. The SMILES string of the molecule is CCc1ccc(NC(=O)CN2C(=O)COc3ccc(-c4nc(-c5ccccn5)sc4C)cc32)cc1. The van der Waals surface area contributed by atoms with Crippen LogP contribution in [0.1, 0.15) is 17.4 Å². The summed E-state index contributed by atoms with van der Waals surface area (Å²) in [5.41, 5.74) is 4.92. The number of amides is 2. The number of pyridine rings is 1. The van der Waals surface area contributed by atoms with Crippen LogP contribution < -0.4 is 15.0 Å². The van der Waals surface area contributed by atoms with E-state index in [4.69, 9.17) is 9.72 Å². The molecule has 3 heterocycles. The van der Waals surface area contributed by atoms with Crippen molar-refractivity contribution in [2.75, 3.05) is 23.4 Å². The van der Waals surface area contributed by atoms with Crippen LogP contribution in [0, 0.1) is 6.92 Å². The maximum Gasteiger partial charge on any atom is 0.265 e. The summed E-state index contributed by atoms with van der Waals surface area (Å²) in [7, 11) is 0. The number of nitrogens with one attached hydrogen (secondary N) is 1. The smallest absolute Gasteiger partial charge is 0.265 e. The first kappa shape index (κ1) is 22.7. The number of hydrogen-bond donors (Lipinski definition) is 1. The molecule has 35 heavy (non-hydrogen) atoms. The van der Waals surface area contributed by atoms with Gasteiger partial charge in [0.25, 0.3) is 5.91 Å². The maximum atomic E-state index is 12.8. The second-order valence-electron chi connectivity index (χ2n) is 8.19. The van der Waals surface area contributed by atoms with E-state index in [1.807, 2.05) is 67.6 Å². The summed E-state index contributed by atoms with van der Waals surface area (Å²) in [5.74, 6) is 0.0183. The van der Waals surface area contributed by atoms with Crippen LogP contribution in [0.2, 0.25) is 0 Å². The molecule has 8 heteroatoms. The topological polar surface area (TPSA) is 84.4 Å². The van der Waals surface area contributed by atoms with E-state index in [1.165, 1.54) is 10.5 Å². The third-order valence-electron chi connectivity index (χ3n) is 5.80. The van der Waals surface area contributed by atoms with Gasteiger partial charge in [-0.1, -0.05) is 25.1 Å². The second kappa shape index (κ2) is 9.68. The Bertz CT molecular complexity index is 1380. The minimum atomic E-state index is -0.275. The zero-order chi connectivity index (χ0) is 24.4. The molecule has 0 saturated carbocycles. The molecule has 1 aliphatic heterocycles. The van der Waals surface area contributed by atoms with Crippen molar-refractivity contribution in [1.29, 1.82) is 0 Å². The monoisotopic (exact) mass is 484 g/mol. The molecule has 0 saturated heterocycles. The molecule has 0 spiro atoms. The molecule has 0 atom stereocenters. The summed E-state index contributed by atoms with van der Waals surface area (Å²) in [4.78, 5) is 37.2. The summed E-state index contributed by atoms with van der Waals surface area (Å²) in [6, 6.07) is 19.0. The highest BCUT2D eigenvalue weighted by atomic mass is 32.1. The van der Waals surface area contributed by atoms with Gasteiger partial charge in [-0.05, 0) is 61.4 Å². The summed E-state index contributed by atoms with van der Waals surface area (Å²) in [5, 5.41) is 3.70. The predicted molar refractivity (Wildman–Crippen MR) is 138 cm³/mol. The molecule has 5 rings (SSSR count). The van der Waals surface area contributed by atoms with Gasteiger partial charge in [-0.15, -0.1) is 11.3 Å². The Balaban J connectivity index is 1.41. The first-order valence-corrected chi connectivity index (χ1v) is 12.2. The molecule has 2 aromatic carbocycles. The Morgan fingerprint density at radius 3 is 2.71 bits per heavy atom. The van der Waals surface area contributed by atoms with Gasteiger partial charge in [0.15, 0.2) is 6.61 Å². The van der Waals surface area contributed by atoms with Crippen molar-refractivity contribution in [1.82, 2.24) is 9.97 Å². The molecule has 0 aliphatic carbocycles. The van der Waals surface area contributed by atoms with E-state index in [-0.39, 0.29) is 25.0 Å². The van der Waals surface area contributed by atoms with Gasteiger partial charge in [-0.2, -0.15) is 0 Å². The van der Waals surface area contributed by atoms with Crippen molar-refractivity contribution in [2.45, 2.75) is 20.3 Å².